The van der Waals surface area contributed by atoms with Crippen molar-refractivity contribution in [3.05, 3.63) is 74.2 Å². The van der Waals surface area contributed by atoms with Crippen LogP contribution in [0.3, 0.4) is 0 Å². The first-order valence-corrected chi connectivity index (χ1v) is 10.2. The molecule has 1 aliphatic rings. The molecule has 0 saturated carbocycles. The molecule has 0 N–H and O–H groups in total. The smallest absolute Gasteiger partial charge is 0.0809 e. The zero-order valence-corrected chi connectivity index (χ0v) is 16.1. The molecule has 0 aliphatic heterocycles. The molecule has 3 rings (SSSR count). The van der Waals surface area contributed by atoms with Crippen molar-refractivity contribution in [1.29, 1.82) is 0 Å². The molecular formula is C15H17Cl3SiTi-3. The minimum Gasteiger partial charge on any atom is -0.168 e. The minimum atomic E-state index is -0.222. The third kappa shape index (κ3) is 10.8. The first-order chi connectivity index (χ1) is 8.38. The molecule has 1 aliphatic carbocycles. The van der Waals surface area contributed by atoms with Gasteiger partial charge in [-0.2, -0.15) is 23.6 Å². The molecule has 0 aromatic heterocycles. The molecule has 2 radical (unpaired) electrons. The molecule has 0 heterocycles. The maximum absolute atomic E-state index is 5.04. The molecule has 0 atom stereocenters. The Hall–Kier alpha value is 0.111. The van der Waals surface area contributed by atoms with Gasteiger partial charge in [-0.25, -0.2) is 12.2 Å². The SMILES string of the molecule is Cl.Cl.[C-]1=CC=CC1.[CH3-].[Si]=[Ti][Cl].c1ccc2[cH-]ccc2c1. The Morgan fingerprint density at radius 1 is 1.20 bits per heavy atom. The van der Waals surface area contributed by atoms with Crippen LogP contribution in [-0.4, -0.2) is 7.63 Å². The van der Waals surface area contributed by atoms with Crippen molar-refractivity contribution < 1.29 is 16.8 Å². The fourth-order valence-electron chi connectivity index (χ4n) is 1.41. The standard InChI is InChI=1S/C9H7.C5H5.CH3.3ClH.Si.Ti/c1-2-5-9-7-3-6-8(9)4-1;1-2-4-5-3-1;;;;;;/h1-7H;1-3H,4H2;1H3;3*1H;;/q3*-1;;;;;+1/p-1. The van der Waals surface area contributed by atoms with Gasteiger partial charge in [0.1, 0.15) is 0 Å². The van der Waals surface area contributed by atoms with Crippen LogP contribution in [0.2, 0.25) is 0 Å². The third-order valence-electron chi connectivity index (χ3n) is 2.13. The molecule has 0 unspecified atom stereocenters. The minimum absolute atomic E-state index is 0. The summed E-state index contributed by atoms with van der Waals surface area (Å²) in [6.45, 7) is 0. The van der Waals surface area contributed by atoms with Gasteiger partial charge in [0.05, 0.1) is 0 Å². The van der Waals surface area contributed by atoms with Gasteiger partial charge in [0.15, 0.2) is 0 Å². The average molecular weight is 380 g/mol. The molecule has 0 amide bonds. The molecule has 0 fully saturated rings. The molecule has 0 saturated heterocycles. The summed E-state index contributed by atoms with van der Waals surface area (Å²) in [7, 11) is 8.11. The van der Waals surface area contributed by atoms with Gasteiger partial charge in [-0.15, -0.1) is 60.9 Å². The van der Waals surface area contributed by atoms with E-state index in [1.54, 1.807) is 0 Å². The first kappa shape index (κ1) is 25.1. The van der Waals surface area contributed by atoms with Gasteiger partial charge in [0, 0.05) is 0 Å². The van der Waals surface area contributed by atoms with E-state index in [0.717, 1.165) is 6.42 Å². The van der Waals surface area contributed by atoms with Gasteiger partial charge in [-0.05, 0) is 0 Å². The predicted octanol–water partition coefficient (Wildman–Crippen LogP) is 5.46. The van der Waals surface area contributed by atoms with Gasteiger partial charge in [-0.1, -0.05) is 6.07 Å². The fourth-order valence-corrected chi connectivity index (χ4v) is 1.41. The number of allylic oxidation sites excluding steroid dienone is 4. The molecule has 109 valence electrons. The van der Waals surface area contributed by atoms with E-state index in [1.807, 2.05) is 12.2 Å². The van der Waals surface area contributed by atoms with Gasteiger partial charge >= 0.3 is 33.8 Å². The molecule has 20 heavy (non-hydrogen) atoms. The Bertz CT molecular complexity index is 466. The summed E-state index contributed by atoms with van der Waals surface area (Å²) >= 11 is -0.222. The van der Waals surface area contributed by atoms with E-state index in [1.165, 1.54) is 10.8 Å². The molecular weight excluding hydrogens is 362 g/mol. The van der Waals surface area contributed by atoms with Crippen molar-refractivity contribution >= 4 is 52.5 Å². The second-order valence-corrected chi connectivity index (χ2v) is 6.66. The van der Waals surface area contributed by atoms with Crippen LogP contribution >= 0.6 is 34.1 Å². The predicted molar refractivity (Wildman–Crippen MR) is 93.6 cm³/mol. The molecule has 2 aromatic rings. The Morgan fingerprint density at radius 2 is 1.85 bits per heavy atom. The van der Waals surface area contributed by atoms with Gasteiger partial charge in [0.25, 0.3) is 0 Å². The summed E-state index contributed by atoms with van der Waals surface area (Å²) in [4.78, 5) is 0. The summed E-state index contributed by atoms with van der Waals surface area (Å²) in [5.74, 6) is 0. The number of hydrogen-bond acceptors (Lipinski definition) is 0. The second kappa shape index (κ2) is 17.2. The number of halogens is 3. The van der Waals surface area contributed by atoms with Crippen LogP contribution in [0.25, 0.3) is 10.8 Å². The maximum atomic E-state index is 5.04. The van der Waals surface area contributed by atoms with Gasteiger partial charge < -0.3 is 7.43 Å². The first-order valence-electron chi connectivity index (χ1n) is 5.23. The summed E-state index contributed by atoms with van der Waals surface area (Å²) < 4.78 is 0. The zero-order valence-electron chi connectivity index (χ0n) is 11.2. The summed E-state index contributed by atoms with van der Waals surface area (Å²) in [5, 5.41) is 2.66. The van der Waals surface area contributed by atoms with Crippen LogP contribution in [-0.2, 0) is 16.8 Å². The third-order valence-corrected chi connectivity index (χ3v) is 2.13. The summed E-state index contributed by atoms with van der Waals surface area (Å²) in [5.41, 5.74) is 0. The maximum Gasteiger partial charge on any atom is -0.0809 e. The van der Waals surface area contributed by atoms with Crippen molar-refractivity contribution in [3.63, 3.8) is 0 Å². The quantitative estimate of drug-likeness (QED) is 0.421. The normalized spacial score (nSPS) is 9.45. The summed E-state index contributed by atoms with van der Waals surface area (Å²) in [6.07, 6.45) is 10.0. The van der Waals surface area contributed by atoms with Crippen molar-refractivity contribution in [2.75, 3.05) is 0 Å². The van der Waals surface area contributed by atoms with Crippen molar-refractivity contribution in [1.82, 2.24) is 0 Å². The van der Waals surface area contributed by atoms with E-state index in [2.05, 4.69) is 62.2 Å². The van der Waals surface area contributed by atoms with E-state index in [-0.39, 0.29) is 49.1 Å². The topological polar surface area (TPSA) is 0 Å². The molecule has 5 heteroatoms. The van der Waals surface area contributed by atoms with E-state index < -0.39 is 0 Å². The van der Waals surface area contributed by atoms with Crippen LogP contribution < -0.4 is 0 Å². The molecule has 0 bridgehead atoms. The van der Waals surface area contributed by atoms with Gasteiger partial charge in [-0.3, -0.25) is 6.08 Å². The summed E-state index contributed by atoms with van der Waals surface area (Å²) in [6, 6.07) is 14.7. The molecule has 2 aromatic carbocycles. The monoisotopic (exact) mass is 378 g/mol. The second-order valence-electron chi connectivity index (χ2n) is 3.25. The Balaban J connectivity index is -0.000000231. The zero-order chi connectivity index (χ0) is 12.3. The van der Waals surface area contributed by atoms with Crippen LogP contribution in [0, 0.1) is 13.5 Å². The Kier molecular flexibility index (Phi) is 21.5. The average Bonchev–Trinajstić information content (AvgIpc) is 3.05. The van der Waals surface area contributed by atoms with Crippen LogP contribution in [0.1, 0.15) is 6.42 Å². The number of hydrogen-bond donors (Lipinski definition) is 0. The van der Waals surface area contributed by atoms with Crippen LogP contribution in [0.15, 0.2) is 60.7 Å². The molecule has 0 spiro atoms. The Labute approximate surface area is 149 Å². The van der Waals surface area contributed by atoms with Crippen molar-refractivity contribution in [2.45, 2.75) is 6.42 Å². The van der Waals surface area contributed by atoms with Crippen LogP contribution in [0.4, 0.5) is 0 Å². The largest absolute Gasteiger partial charge is 0.168 e. The number of fused-ring (bicyclic) bond motifs is 1. The van der Waals surface area contributed by atoms with Crippen molar-refractivity contribution in [2.24, 2.45) is 0 Å². The van der Waals surface area contributed by atoms with E-state index in [9.17, 15) is 0 Å². The van der Waals surface area contributed by atoms with Crippen LogP contribution in [0.5, 0.6) is 0 Å². The fraction of sp³-hybridized carbons (Fsp3) is 0.0667. The van der Waals surface area contributed by atoms with Gasteiger partial charge in [0.2, 0.25) is 0 Å². The van der Waals surface area contributed by atoms with E-state index in [0.29, 0.717) is 0 Å². The Morgan fingerprint density at radius 3 is 2.30 bits per heavy atom. The number of rotatable bonds is 0. The van der Waals surface area contributed by atoms with E-state index in [4.69, 9.17) is 9.30 Å². The molecule has 0 nitrogen and oxygen atoms in total. The van der Waals surface area contributed by atoms with E-state index >= 15 is 0 Å². The number of benzene rings is 1. The van der Waals surface area contributed by atoms with Crippen molar-refractivity contribution in [3.8, 4) is 0 Å².